The lowest BCUT2D eigenvalue weighted by Gasteiger charge is -2.11. The molecule has 1 N–H and O–H groups in total. The molecular formula is C23H23N5O4S. The first-order valence-electron chi connectivity index (χ1n) is 10.1. The number of anilines is 1. The fraction of sp³-hybridized carbons (Fsp3) is 0.217. The molecule has 0 fully saturated rings. The molecule has 0 unspecified atom stereocenters. The van der Waals surface area contributed by atoms with E-state index in [-0.39, 0.29) is 6.54 Å². The van der Waals surface area contributed by atoms with Gasteiger partial charge in [-0.05, 0) is 37.6 Å². The maximum atomic E-state index is 12.9. The molecule has 9 nitrogen and oxygen atoms in total. The Morgan fingerprint density at radius 1 is 1.12 bits per heavy atom. The summed E-state index contributed by atoms with van der Waals surface area (Å²) in [7, 11) is 3.04. The smallest absolute Gasteiger partial charge is 0.350 e. The lowest BCUT2D eigenvalue weighted by molar-refractivity contribution is -0.117. The van der Waals surface area contributed by atoms with Gasteiger partial charge in [-0.1, -0.05) is 29.5 Å². The van der Waals surface area contributed by atoms with Crippen molar-refractivity contribution in [1.82, 2.24) is 19.2 Å². The second-order valence-corrected chi connectivity index (χ2v) is 8.38. The Bertz CT molecular complexity index is 1400. The van der Waals surface area contributed by atoms with Crippen LogP contribution in [0.15, 0.2) is 63.5 Å². The van der Waals surface area contributed by atoms with E-state index in [2.05, 4.69) is 21.5 Å². The number of carbonyl (C=O) groups excluding carboxylic acids is 1. The number of carbonyl (C=O) groups is 1. The molecule has 33 heavy (non-hydrogen) atoms. The molecule has 0 radical (unpaired) electrons. The van der Waals surface area contributed by atoms with Gasteiger partial charge in [0.2, 0.25) is 5.91 Å². The van der Waals surface area contributed by atoms with Crippen LogP contribution in [-0.2, 0) is 11.3 Å². The third-order valence-corrected chi connectivity index (χ3v) is 6.14. The average Bonchev–Trinajstić information content (AvgIpc) is 3.11. The van der Waals surface area contributed by atoms with Crippen LogP contribution < -0.4 is 20.5 Å². The van der Waals surface area contributed by atoms with Crippen LogP contribution in [0.4, 0.5) is 5.69 Å². The van der Waals surface area contributed by atoms with Gasteiger partial charge in [0.05, 0.1) is 19.9 Å². The van der Waals surface area contributed by atoms with E-state index in [1.807, 2.05) is 26.0 Å². The Kier molecular flexibility index (Phi) is 6.36. The monoisotopic (exact) mass is 465 g/mol. The molecule has 0 atom stereocenters. The molecular weight excluding hydrogens is 442 g/mol. The third-order valence-electron chi connectivity index (χ3n) is 4.98. The first-order chi connectivity index (χ1) is 15.9. The second kappa shape index (κ2) is 9.37. The number of hydrogen-bond donors (Lipinski definition) is 1. The van der Waals surface area contributed by atoms with Gasteiger partial charge in [0, 0.05) is 23.4 Å². The normalized spacial score (nSPS) is 10.9. The summed E-state index contributed by atoms with van der Waals surface area (Å²) in [6, 6.07) is 11.2. The van der Waals surface area contributed by atoms with E-state index in [9.17, 15) is 9.59 Å². The van der Waals surface area contributed by atoms with Gasteiger partial charge in [0.1, 0.15) is 23.1 Å². The average molecular weight is 466 g/mol. The summed E-state index contributed by atoms with van der Waals surface area (Å²) in [5.74, 6) is 0.613. The van der Waals surface area contributed by atoms with Gasteiger partial charge >= 0.3 is 5.69 Å². The van der Waals surface area contributed by atoms with E-state index in [1.54, 1.807) is 24.4 Å². The summed E-state index contributed by atoms with van der Waals surface area (Å²) in [4.78, 5) is 31.0. The minimum absolute atomic E-state index is 0.269. The zero-order chi connectivity index (χ0) is 23.5. The largest absolute Gasteiger partial charge is 0.497 e. The van der Waals surface area contributed by atoms with Crippen LogP contribution in [0.25, 0.3) is 5.65 Å². The molecule has 4 aromatic rings. The van der Waals surface area contributed by atoms with Crippen LogP contribution in [0, 0.1) is 13.8 Å². The SMILES string of the molecule is COc1ccc(OC)c(NC(=O)Cn2nc3c(Sc4ccc(C)cc4C)nccn3c2=O)c1. The Morgan fingerprint density at radius 3 is 2.67 bits per heavy atom. The number of rotatable bonds is 7. The van der Waals surface area contributed by atoms with E-state index < -0.39 is 11.6 Å². The van der Waals surface area contributed by atoms with E-state index in [4.69, 9.17) is 9.47 Å². The van der Waals surface area contributed by atoms with Crippen molar-refractivity contribution in [1.29, 1.82) is 0 Å². The minimum atomic E-state index is -0.428. The van der Waals surface area contributed by atoms with Crippen LogP contribution in [-0.4, -0.2) is 39.3 Å². The number of aromatic nitrogens is 4. The van der Waals surface area contributed by atoms with Gasteiger partial charge in [0.15, 0.2) is 5.65 Å². The maximum Gasteiger partial charge on any atom is 0.350 e. The molecule has 170 valence electrons. The second-order valence-electron chi connectivity index (χ2n) is 7.35. The fourth-order valence-corrected chi connectivity index (χ4v) is 4.26. The number of hydrogen-bond acceptors (Lipinski definition) is 7. The molecule has 2 aromatic carbocycles. The summed E-state index contributed by atoms with van der Waals surface area (Å²) in [6.07, 6.45) is 3.09. The number of nitrogens with one attached hydrogen (secondary N) is 1. The number of methoxy groups -OCH3 is 2. The minimum Gasteiger partial charge on any atom is -0.497 e. The topological polar surface area (TPSA) is 99.8 Å². The van der Waals surface area contributed by atoms with E-state index in [0.717, 1.165) is 15.1 Å². The first-order valence-corrected chi connectivity index (χ1v) is 10.9. The Balaban J connectivity index is 1.60. The standard InChI is InChI=1S/C23H23N5O4S/c1-14-5-8-19(15(2)11-14)33-22-21-26-28(23(30)27(21)10-9-24-22)13-20(29)25-17-12-16(31-3)6-7-18(17)32-4/h5-12H,13H2,1-4H3,(H,25,29). The van der Waals surface area contributed by atoms with Gasteiger partial charge in [-0.2, -0.15) is 0 Å². The quantitative estimate of drug-likeness (QED) is 0.447. The van der Waals surface area contributed by atoms with Gasteiger partial charge in [0.25, 0.3) is 0 Å². The third kappa shape index (κ3) is 4.70. The van der Waals surface area contributed by atoms with Gasteiger partial charge in [-0.3, -0.25) is 4.79 Å². The fourth-order valence-electron chi connectivity index (χ4n) is 3.36. The summed E-state index contributed by atoms with van der Waals surface area (Å²) < 4.78 is 13.0. The van der Waals surface area contributed by atoms with E-state index in [1.165, 1.54) is 42.1 Å². The van der Waals surface area contributed by atoms with Crippen LogP contribution in [0.5, 0.6) is 11.5 Å². The zero-order valence-electron chi connectivity index (χ0n) is 18.7. The van der Waals surface area contributed by atoms with Crippen molar-refractivity contribution in [3.8, 4) is 11.5 Å². The van der Waals surface area contributed by atoms with Crippen molar-refractivity contribution in [2.24, 2.45) is 0 Å². The molecule has 10 heteroatoms. The van der Waals surface area contributed by atoms with Crippen LogP contribution in [0.1, 0.15) is 11.1 Å². The van der Waals surface area contributed by atoms with Crippen molar-refractivity contribution < 1.29 is 14.3 Å². The van der Waals surface area contributed by atoms with Gasteiger partial charge < -0.3 is 14.8 Å². The highest BCUT2D eigenvalue weighted by molar-refractivity contribution is 7.99. The van der Waals surface area contributed by atoms with E-state index in [0.29, 0.717) is 27.9 Å². The predicted octanol–water partition coefficient (Wildman–Crippen LogP) is 3.31. The Morgan fingerprint density at radius 2 is 1.94 bits per heavy atom. The highest BCUT2D eigenvalue weighted by Crippen LogP contribution is 2.31. The lowest BCUT2D eigenvalue weighted by Crippen LogP contribution is -2.28. The zero-order valence-corrected chi connectivity index (χ0v) is 19.5. The molecule has 4 rings (SSSR count). The molecule has 2 aromatic heterocycles. The molecule has 0 bridgehead atoms. The Hall–Kier alpha value is -3.79. The molecule has 1 amide bonds. The van der Waals surface area contributed by atoms with Crippen molar-refractivity contribution in [3.05, 3.63) is 70.4 Å². The maximum absolute atomic E-state index is 12.9. The molecule has 0 aliphatic rings. The summed E-state index contributed by atoms with van der Waals surface area (Å²) in [6.45, 7) is 3.79. The van der Waals surface area contributed by atoms with Crippen LogP contribution >= 0.6 is 11.8 Å². The highest BCUT2D eigenvalue weighted by Gasteiger charge is 2.17. The Labute approximate surface area is 194 Å². The summed E-state index contributed by atoms with van der Waals surface area (Å²) in [5, 5.41) is 7.71. The lowest BCUT2D eigenvalue weighted by atomic mass is 10.2. The number of benzene rings is 2. The van der Waals surface area contributed by atoms with Crippen LogP contribution in [0.3, 0.4) is 0 Å². The van der Waals surface area contributed by atoms with Gasteiger partial charge in [-0.15, -0.1) is 5.10 Å². The van der Waals surface area contributed by atoms with Crippen LogP contribution in [0.2, 0.25) is 0 Å². The molecule has 0 aliphatic carbocycles. The predicted molar refractivity (Wildman–Crippen MR) is 125 cm³/mol. The van der Waals surface area contributed by atoms with Crippen molar-refractivity contribution >= 4 is 29.0 Å². The molecule has 2 heterocycles. The summed E-state index contributed by atoms with van der Waals surface area (Å²) >= 11 is 1.43. The van der Waals surface area contributed by atoms with Crippen molar-refractivity contribution in [3.63, 3.8) is 0 Å². The molecule has 0 aliphatic heterocycles. The summed E-state index contributed by atoms with van der Waals surface area (Å²) in [5.41, 5.74) is 2.67. The van der Waals surface area contributed by atoms with Gasteiger partial charge in [-0.25, -0.2) is 18.9 Å². The van der Waals surface area contributed by atoms with E-state index >= 15 is 0 Å². The number of ether oxygens (including phenoxy) is 2. The number of aryl methyl sites for hydroxylation is 2. The first kappa shape index (κ1) is 22.4. The van der Waals surface area contributed by atoms with Crippen molar-refractivity contribution in [2.45, 2.75) is 30.3 Å². The molecule has 0 spiro atoms. The highest BCUT2D eigenvalue weighted by atomic mass is 32.2. The van der Waals surface area contributed by atoms with Crippen molar-refractivity contribution in [2.75, 3.05) is 19.5 Å². The molecule has 0 saturated heterocycles. The number of fused-ring (bicyclic) bond motifs is 1. The molecule has 0 saturated carbocycles. The number of nitrogens with zero attached hydrogens (tertiary/aromatic N) is 4. The number of amides is 1.